The largest absolute Gasteiger partial charge is 0.398 e. The van der Waals surface area contributed by atoms with E-state index in [1.165, 1.54) is 22.7 Å². The van der Waals surface area contributed by atoms with E-state index in [0.717, 1.165) is 32.9 Å². The van der Waals surface area contributed by atoms with E-state index in [2.05, 4.69) is 12.6 Å². The predicted molar refractivity (Wildman–Crippen MR) is 97.5 cm³/mol. The summed E-state index contributed by atoms with van der Waals surface area (Å²) >= 11 is 6.98. The van der Waals surface area contributed by atoms with Crippen molar-refractivity contribution in [3.8, 4) is 0 Å². The third-order valence-electron chi connectivity index (χ3n) is 2.26. The minimum absolute atomic E-state index is 0.732. The van der Waals surface area contributed by atoms with E-state index in [1.807, 2.05) is 47.2 Å². The zero-order valence-electron chi connectivity index (χ0n) is 11.6. The van der Waals surface area contributed by atoms with E-state index in [4.69, 9.17) is 5.73 Å². The van der Waals surface area contributed by atoms with Gasteiger partial charge in [0, 0.05) is 10.6 Å². The van der Waals surface area contributed by atoms with Gasteiger partial charge in [0.2, 0.25) is 0 Å². The molecule has 2 heterocycles. The van der Waals surface area contributed by atoms with Crippen LogP contribution in [0.25, 0.3) is 0 Å². The molecular weight excluding hydrogens is 334 g/mol. The Kier molecular flexibility index (Phi) is 8.90. The lowest BCUT2D eigenvalue weighted by Crippen LogP contribution is -1.83. The number of carbonyl (C=O) groups is 2. The van der Waals surface area contributed by atoms with Crippen molar-refractivity contribution in [2.45, 2.75) is 4.90 Å². The van der Waals surface area contributed by atoms with Gasteiger partial charge in [-0.05, 0) is 35.0 Å². The molecule has 0 spiro atoms. The van der Waals surface area contributed by atoms with E-state index in [-0.39, 0.29) is 0 Å². The second-order valence-corrected chi connectivity index (χ2v) is 6.27. The normalized spacial score (nSPS) is 8.77. The monoisotopic (exact) mass is 349 g/mol. The maximum Gasteiger partial charge on any atom is 0.159 e. The first-order chi connectivity index (χ1) is 10.7. The molecule has 0 aliphatic carbocycles. The molecule has 3 aromatic rings. The van der Waals surface area contributed by atoms with Crippen LogP contribution in [0.4, 0.5) is 5.69 Å². The van der Waals surface area contributed by atoms with Gasteiger partial charge in [0.1, 0.15) is 0 Å². The van der Waals surface area contributed by atoms with Crippen molar-refractivity contribution in [2.75, 3.05) is 5.73 Å². The number of thiophene rings is 2. The van der Waals surface area contributed by atoms with Gasteiger partial charge in [0.15, 0.2) is 12.6 Å². The average molecular weight is 350 g/mol. The van der Waals surface area contributed by atoms with Crippen molar-refractivity contribution in [1.82, 2.24) is 0 Å². The molecule has 0 aliphatic rings. The van der Waals surface area contributed by atoms with Crippen molar-refractivity contribution < 1.29 is 9.59 Å². The fourth-order valence-corrected chi connectivity index (χ4v) is 2.42. The Balaban J connectivity index is 0.000000166. The van der Waals surface area contributed by atoms with Gasteiger partial charge in [-0.1, -0.05) is 24.3 Å². The average Bonchev–Trinajstić information content (AvgIpc) is 3.24. The molecule has 0 fully saturated rings. The summed E-state index contributed by atoms with van der Waals surface area (Å²) in [4.78, 5) is 22.2. The van der Waals surface area contributed by atoms with Crippen LogP contribution in [0.15, 0.2) is 64.2 Å². The van der Waals surface area contributed by atoms with E-state index in [9.17, 15) is 9.59 Å². The predicted octanol–water partition coefficient (Wildman–Crippen LogP) is 4.68. The van der Waals surface area contributed by atoms with Crippen LogP contribution in [0, 0.1) is 0 Å². The van der Waals surface area contributed by atoms with Crippen LogP contribution >= 0.6 is 35.3 Å². The highest BCUT2D eigenvalue weighted by Crippen LogP contribution is 2.13. The topological polar surface area (TPSA) is 60.2 Å². The number of hydrogen-bond donors (Lipinski definition) is 2. The maximum absolute atomic E-state index is 9.88. The van der Waals surface area contributed by atoms with Gasteiger partial charge in [0.25, 0.3) is 0 Å². The molecule has 0 radical (unpaired) electrons. The Hall–Kier alpha value is -1.89. The molecule has 2 N–H and O–H groups in total. The van der Waals surface area contributed by atoms with Gasteiger partial charge in [-0.25, -0.2) is 0 Å². The molecule has 3 nitrogen and oxygen atoms in total. The Morgan fingerprint density at radius 2 is 1.32 bits per heavy atom. The molecule has 0 unspecified atom stereocenters. The highest BCUT2D eigenvalue weighted by atomic mass is 32.1. The first kappa shape index (κ1) is 18.2. The molecule has 0 saturated carbocycles. The second-order valence-electron chi connectivity index (χ2n) is 3.83. The summed E-state index contributed by atoms with van der Waals surface area (Å²) in [5.41, 5.74) is 6.18. The first-order valence-electron chi connectivity index (χ1n) is 6.18. The SMILES string of the molecule is Nc1ccccc1S.O=Cc1cccs1.O=Cc1cccs1. The van der Waals surface area contributed by atoms with Crippen molar-refractivity contribution >= 4 is 53.6 Å². The van der Waals surface area contributed by atoms with Crippen LogP contribution in [-0.4, -0.2) is 12.6 Å². The van der Waals surface area contributed by atoms with E-state index in [1.54, 1.807) is 12.1 Å². The number of para-hydroxylation sites is 1. The van der Waals surface area contributed by atoms with Crippen molar-refractivity contribution in [2.24, 2.45) is 0 Å². The Labute approximate surface area is 142 Å². The molecule has 0 bridgehead atoms. The second kappa shape index (κ2) is 10.8. The van der Waals surface area contributed by atoms with Crippen LogP contribution in [0.5, 0.6) is 0 Å². The molecule has 6 heteroatoms. The van der Waals surface area contributed by atoms with E-state index < -0.39 is 0 Å². The van der Waals surface area contributed by atoms with Crippen molar-refractivity contribution in [1.29, 1.82) is 0 Å². The fourth-order valence-electron chi connectivity index (χ4n) is 1.20. The maximum atomic E-state index is 9.88. The molecule has 0 aliphatic heterocycles. The molecular formula is C16H15NO2S3. The number of rotatable bonds is 2. The summed E-state index contributed by atoms with van der Waals surface area (Å²) in [6, 6.07) is 14.8. The van der Waals surface area contributed by atoms with E-state index in [0.29, 0.717) is 0 Å². The number of carbonyl (C=O) groups excluding carboxylic acids is 2. The smallest absolute Gasteiger partial charge is 0.159 e. The molecule has 114 valence electrons. The number of thiol groups is 1. The number of anilines is 1. The summed E-state index contributed by atoms with van der Waals surface area (Å²) in [5, 5.41) is 3.76. The Morgan fingerprint density at radius 1 is 0.818 bits per heavy atom. The highest BCUT2D eigenvalue weighted by Gasteiger charge is 1.86. The lowest BCUT2D eigenvalue weighted by Gasteiger charge is -1.92. The van der Waals surface area contributed by atoms with Gasteiger partial charge in [0.05, 0.1) is 9.75 Å². The summed E-state index contributed by atoms with van der Waals surface area (Å²) < 4.78 is 0. The lowest BCUT2D eigenvalue weighted by molar-refractivity contribution is 0.111. The number of nitrogens with two attached hydrogens (primary N) is 1. The molecule has 2 aromatic heterocycles. The summed E-state index contributed by atoms with van der Waals surface area (Å²) in [6.07, 6.45) is 1.70. The highest BCUT2D eigenvalue weighted by molar-refractivity contribution is 7.80. The molecule has 3 rings (SSSR count). The number of benzene rings is 1. The van der Waals surface area contributed by atoms with Crippen LogP contribution < -0.4 is 5.73 Å². The van der Waals surface area contributed by atoms with Gasteiger partial charge < -0.3 is 5.73 Å². The minimum atomic E-state index is 0.732. The molecule has 1 aromatic carbocycles. The molecule has 0 saturated heterocycles. The Morgan fingerprint density at radius 3 is 1.55 bits per heavy atom. The Bertz CT molecular complexity index is 605. The summed E-state index contributed by atoms with van der Waals surface area (Å²) in [6.45, 7) is 0. The zero-order chi connectivity index (χ0) is 16.2. The molecule has 0 amide bonds. The van der Waals surface area contributed by atoms with E-state index >= 15 is 0 Å². The van der Waals surface area contributed by atoms with Gasteiger partial charge in [-0.15, -0.1) is 35.3 Å². The van der Waals surface area contributed by atoms with Crippen molar-refractivity contribution in [3.05, 3.63) is 69.0 Å². The molecule has 0 atom stereocenters. The standard InChI is InChI=1S/C6H7NS.2C5H4OS/c7-5-3-1-2-4-6(5)8;2*6-4-5-2-1-3-7-5/h1-4,8H,7H2;2*1-4H. The third-order valence-corrected chi connectivity index (χ3v) is 4.26. The van der Waals surface area contributed by atoms with Gasteiger partial charge >= 0.3 is 0 Å². The van der Waals surface area contributed by atoms with Crippen molar-refractivity contribution in [3.63, 3.8) is 0 Å². The van der Waals surface area contributed by atoms with Crippen LogP contribution in [0.2, 0.25) is 0 Å². The van der Waals surface area contributed by atoms with Crippen LogP contribution in [0.3, 0.4) is 0 Å². The quantitative estimate of drug-likeness (QED) is 0.401. The zero-order valence-corrected chi connectivity index (χ0v) is 14.1. The summed E-state index contributed by atoms with van der Waals surface area (Å²) in [7, 11) is 0. The number of hydrogen-bond acceptors (Lipinski definition) is 6. The minimum Gasteiger partial charge on any atom is -0.398 e. The number of aldehydes is 2. The third kappa shape index (κ3) is 7.21. The number of nitrogen functional groups attached to an aromatic ring is 1. The van der Waals surface area contributed by atoms with Crippen LogP contribution in [0.1, 0.15) is 19.3 Å². The fraction of sp³-hybridized carbons (Fsp3) is 0. The first-order valence-corrected chi connectivity index (χ1v) is 8.39. The molecule has 22 heavy (non-hydrogen) atoms. The lowest BCUT2D eigenvalue weighted by atomic mass is 10.3. The van der Waals surface area contributed by atoms with Crippen LogP contribution in [-0.2, 0) is 0 Å². The van der Waals surface area contributed by atoms with Gasteiger partial charge in [-0.2, -0.15) is 0 Å². The summed E-state index contributed by atoms with van der Waals surface area (Å²) in [5.74, 6) is 0. The van der Waals surface area contributed by atoms with Gasteiger partial charge in [-0.3, -0.25) is 9.59 Å².